The molecule has 1 aromatic carbocycles. The van der Waals surface area contributed by atoms with Gasteiger partial charge in [-0.05, 0) is 24.6 Å². The molecule has 0 spiro atoms. The summed E-state index contributed by atoms with van der Waals surface area (Å²) in [6.07, 6.45) is -0.0208. The molecule has 0 aliphatic carbocycles. The van der Waals surface area contributed by atoms with Gasteiger partial charge in [-0.15, -0.1) is 0 Å². The second kappa shape index (κ2) is 5.11. The number of cyclic esters (lactones) is 2. The van der Waals surface area contributed by atoms with Gasteiger partial charge in [-0.3, -0.25) is 4.79 Å². The average molecular weight is 362 g/mol. The molecule has 2 aliphatic heterocycles. The minimum atomic E-state index is -2.03. The maximum Gasteiger partial charge on any atom is 0.351 e. The van der Waals surface area contributed by atoms with Gasteiger partial charge in [-0.1, -0.05) is 25.1 Å². The van der Waals surface area contributed by atoms with Crippen molar-refractivity contribution in [3.63, 3.8) is 0 Å². The van der Waals surface area contributed by atoms with Crippen LogP contribution in [0, 0.1) is 0 Å². The Morgan fingerprint density at radius 1 is 1.22 bits per heavy atom. The van der Waals surface area contributed by atoms with E-state index in [1.807, 2.05) is 30.3 Å². The number of carbonyl (C=O) groups is 2. The van der Waals surface area contributed by atoms with Gasteiger partial charge in [0.05, 0.1) is 23.4 Å². The zero-order valence-electron chi connectivity index (χ0n) is 14.4. The maximum atomic E-state index is 13.0. The molecule has 134 valence electrons. The summed E-state index contributed by atoms with van der Waals surface area (Å²) in [6, 6.07) is 11.1. The summed E-state index contributed by atoms with van der Waals surface area (Å²) in [5, 5.41) is 11.7. The van der Waals surface area contributed by atoms with E-state index in [0.29, 0.717) is 11.4 Å². The monoisotopic (exact) mass is 362 g/mol. The number of esters is 2. The van der Waals surface area contributed by atoms with Gasteiger partial charge in [0.15, 0.2) is 5.60 Å². The molecule has 7 heteroatoms. The third-order valence-electron chi connectivity index (χ3n) is 5.36. The smallest absolute Gasteiger partial charge is 0.351 e. The van der Waals surface area contributed by atoms with Crippen molar-refractivity contribution in [2.45, 2.75) is 25.5 Å². The van der Waals surface area contributed by atoms with Crippen molar-refractivity contribution in [2.75, 3.05) is 0 Å². The molecule has 0 radical (unpaired) electrons. The van der Waals surface area contributed by atoms with E-state index in [-0.39, 0.29) is 24.1 Å². The molecule has 3 aromatic rings. The number of fused-ring (bicyclic) bond motifs is 5. The number of rotatable bonds is 1. The van der Waals surface area contributed by atoms with Gasteiger partial charge in [0.1, 0.15) is 5.56 Å². The van der Waals surface area contributed by atoms with Crippen molar-refractivity contribution in [2.24, 2.45) is 0 Å². The molecule has 0 amide bonds. The van der Waals surface area contributed by atoms with Gasteiger partial charge >= 0.3 is 11.9 Å². The summed E-state index contributed by atoms with van der Waals surface area (Å²) in [4.78, 5) is 42.0. The molecule has 0 unspecified atom stereocenters. The van der Waals surface area contributed by atoms with E-state index in [0.717, 1.165) is 16.5 Å². The van der Waals surface area contributed by atoms with Gasteiger partial charge in [-0.2, -0.15) is 0 Å². The van der Waals surface area contributed by atoms with Crippen LogP contribution in [0.25, 0.3) is 22.3 Å². The van der Waals surface area contributed by atoms with E-state index < -0.39 is 23.1 Å². The Balaban J connectivity index is 1.84. The van der Waals surface area contributed by atoms with Gasteiger partial charge in [0, 0.05) is 16.5 Å². The highest BCUT2D eigenvalue weighted by Gasteiger charge is 2.48. The van der Waals surface area contributed by atoms with E-state index in [9.17, 15) is 19.5 Å². The molecule has 1 N–H and O–H groups in total. The number of aliphatic hydroxyl groups is 1. The lowest BCUT2D eigenvalue weighted by Gasteiger charge is -2.30. The molecule has 7 nitrogen and oxygen atoms in total. The summed E-state index contributed by atoms with van der Waals surface area (Å²) in [5.41, 5.74) is -0.215. The first-order valence-electron chi connectivity index (χ1n) is 8.60. The van der Waals surface area contributed by atoms with E-state index >= 15 is 0 Å². The molecule has 1 atom stereocenters. The van der Waals surface area contributed by atoms with Gasteiger partial charge < -0.3 is 14.4 Å². The summed E-state index contributed by atoms with van der Waals surface area (Å²) in [6.45, 7) is 1.85. The van der Waals surface area contributed by atoms with Crippen molar-refractivity contribution >= 4 is 22.8 Å². The number of benzene rings is 1. The van der Waals surface area contributed by atoms with Crippen LogP contribution in [0.3, 0.4) is 0 Å². The first kappa shape index (κ1) is 15.9. The molecule has 0 bridgehead atoms. The normalized spacial score (nSPS) is 20.2. The lowest BCUT2D eigenvalue weighted by atomic mass is 9.85. The standard InChI is InChI=1S/C20H14N2O5/c1-2-20(26)12-8-14-16-11(7-10-5-3-4-6-13(10)21-16)9-22(14)17(23)15(12)18(24)27-19(20)25/h3-8,26H,2,9H2,1H3/t20-/m0/s1. The summed E-state index contributed by atoms with van der Waals surface area (Å²) in [5.74, 6) is -2.08. The van der Waals surface area contributed by atoms with Crippen molar-refractivity contribution < 1.29 is 19.4 Å². The number of hydrogen-bond acceptors (Lipinski definition) is 6. The lowest BCUT2D eigenvalue weighted by molar-refractivity contribution is -0.162. The molecule has 2 aromatic heterocycles. The average Bonchev–Trinajstić information content (AvgIpc) is 3.02. The van der Waals surface area contributed by atoms with Crippen LogP contribution in [-0.4, -0.2) is 26.6 Å². The maximum absolute atomic E-state index is 13.0. The zero-order valence-corrected chi connectivity index (χ0v) is 14.4. The molecule has 0 saturated heterocycles. The Labute approximate surface area is 152 Å². The number of hydrogen-bond donors (Lipinski definition) is 1. The van der Waals surface area contributed by atoms with Gasteiger partial charge in [0.25, 0.3) is 5.56 Å². The highest BCUT2D eigenvalue weighted by molar-refractivity contribution is 6.05. The summed E-state index contributed by atoms with van der Waals surface area (Å²) < 4.78 is 6.08. The molecule has 4 heterocycles. The highest BCUT2D eigenvalue weighted by atomic mass is 16.6. The molecule has 0 saturated carbocycles. The van der Waals surface area contributed by atoms with Crippen LogP contribution in [0.1, 0.15) is 34.8 Å². The van der Waals surface area contributed by atoms with E-state index in [4.69, 9.17) is 0 Å². The third kappa shape index (κ3) is 1.94. The van der Waals surface area contributed by atoms with Crippen molar-refractivity contribution in [3.8, 4) is 11.4 Å². The Hall–Kier alpha value is -3.32. The Kier molecular flexibility index (Phi) is 3.01. The Morgan fingerprint density at radius 3 is 2.78 bits per heavy atom. The minimum Gasteiger partial charge on any atom is -0.387 e. The second-order valence-electron chi connectivity index (χ2n) is 6.79. The molecule has 5 rings (SSSR count). The number of ether oxygens (including phenoxy) is 1. The summed E-state index contributed by atoms with van der Waals surface area (Å²) >= 11 is 0. The number of carbonyl (C=O) groups excluding carboxylic acids is 2. The fourth-order valence-corrected chi connectivity index (χ4v) is 3.86. The first-order valence-corrected chi connectivity index (χ1v) is 8.60. The van der Waals surface area contributed by atoms with E-state index in [1.54, 1.807) is 6.92 Å². The van der Waals surface area contributed by atoms with E-state index in [2.05, 4.69) is 9.72 Å². The van der Waals surface area contributed by atoms with Crippen molar-refractivity contribution in [1.82, 2.24) is 9.55 Å². The molecule has 27 heavy (non-hydrogen) atoms. The molecular weight excluding hydrogens is 348 g/mol. The fraction of sp³-hybridized carbons (Fsp3) is 0.200. The van der Waals surface area contributed by atoms with Crippen LogP contribution in [0.4, 0.5) is 0 Å². The Bertz CT molecular complexity index is 1240. The second-order valence-corrected chi connectivity index (χ2v) is 6.79. The molecule has 0 fully saturated rings. The van der Waals surface area contributed by atoms with Gasteiger partial charge in [0.2, 0.25) is 0 Å². The number of aromatic nitrogens is 2. The third-order valence-corrected chi connectivity index (χ3v) is 5.36. The zero-order chi connectivity index (χ0) is 18.9. The predicted molar refractivity (Wildman–Crippen MR) is 95.2 cm³/mol. The Morgan fingerprint density at radius 2 is 2.00 bits per heavy atom. The quantitative estimate of drug-likeness (QED) is 0.409. The molecular formula is C20H14N2O5. The number of para-hydroxylation sites is 1. The minimum absolute atomic E-state index is 0.00897. The van der Waals surface area contributed by atoms with Crippen LogP contribution in [0.5, 0.6) is 0 Å². The largest absolute Gasteiger partial charge is 0.387 e. The van der Waals surface area contributed by atoms with Crippen LogP contribution in [0.2, 0.25) is 0 Å². The van der Waals surface area contributed by atoms with Crippen LogP contribution < -0.4 is 5.56 Å². The highest BCUT2D eigenvalue weighted by Crippen LogP contribution is 2.38. The van der Waals surface area contributed by atoms with Crippen LogP contribution in [-0.2, 0) is 21.7 Å². The summed E-state index contributed by atoms with van der Waals surface area (Å²) in [7, 11) is 0. The lowest BCUT2D eigenvalue weighted by Crippen LogP contribution is -2.47. The van der Waals surface area contributed by atoms with Crippen molar-refractivity contribution in [1.29, 1.82) is 0 Å². The number of pyridine rings is 2. The first-order chi connectivity index (χ1) is 12.9. The van der Waals surface area contributed by atoms with Gasteiger partial charge in [-0.25, -0.2) is 14.6 Å². The van der Waals surface area contributed by atoms with Crippen LogP contribution in [0.15, 0.2) is 41.2 Å². The number of nitrogens with zero attached hydrogens (tertiary/aromatic N) is 2. The fourth-order valence-electron chi connectivity index (χ4n) is 3.86. The van der Waals surface area contributed by atoms with Crippen LogP contribution >= 0.6 is 0 Å². The predicted octanol–water partition coefficient (Wildman–Crippen LogP) is 1.72. The SMILES string of the molecule is CC[C@@]1(O)C(=O)OC(=O)c2c1cc1n(c2=O)Cc2cc3ccccc3nc2-1. The van der Waals surface area contributed by atoms with E-state index in [1.165, 1.54) is 10.6 Å². The topological polar surface area (TPSA) is 98.5 Å². The molecule has 2 aliphatic rings. The van der Waals surface area contributed by atoms with Crippen molar-refractivity contribution in [3.05, 3.63) is 63.4 Å².